The van der Waals surface area contributed by atoms with Crippen molar-refractivity contribution in [3.05, 3.63) is 65.9 Å². The van der Waals surface area contributed by atoms with Gasteiger partial charge in [0.25, 0.3) is 0 Å². The number of methoxy groups -OCH3 is 3. The number of hydrogen-bond donors (Lipinski definition) is 2. The molecule has 0 radical (unpaired) electrons. The average molecular weight is 379 g/mol. The molecule has 0 saturated heterocycles. The minimum Gasteiger partial charge on any atom is -0.497 e. The van der Waals surface area contributed by atoms with Crippen LogP contribution in [0.25, 0.3) is 0 Å². The average Bonchev–Trinajstić information content (AvgIpc) is 3.22. The molecule has 2 heterocycles. The van der Waals surface area contributed by atoms with E-state index in [1.807, 2.05) is 47.4 Å². The number of fused-ring (bicyclic) bond motifs is 1. The van der Waals surface area contributed by atoms with Gasteiger partial charge < -0.3 is 28.8 Å². The van der Waals surface area contributed by atoms with Crippen LogP contribution < -0.4 is 24.4 Å². The zero-order valence-corrected chi connectivity index (χ0v) is 15.9. The van der Waals surface area contributed by atoms with E-state index >= 15 is 0 Å². The summed E-state index contributed by atoms with van der Waals surface area (Å²) in [7, 11) is 4.85. The van der Waals surface area contributed by atoms with Crippen LogP contribution in [0.5, 0.6) is 17.2 Å². The van der Waals surface area contributed by atoms with Gasteiger partial charge in [0.05, 0.1) is 33.2 Å². The molecule has 1 unspecified atom stereocenters. The lowest BCUT2D eigenvalue weighted by Gasteiger charge is -2.38. The fraction of sp³-hybridized carbons (Fsp3) is 0.190. The lowest BCUT2D eigenvalue weighted by atomic mass is 10.0. The van der Waals surface area contributed by atoms with Gasteiger partial charge in [-0.05, 0) is 42.5 Å². The highest BCUT2D eigenvalue weighted by Gasteiger charge is 2.35. The number of benzene rings is 2. The fourth-order valence-corrected chi connectivity index (χ4v) is 3.34. The third-order valence-corrected chi connectivity index (χ3v) is 4.77. The minimum absolute atomic E-state index is 0.329. The van der Waals surface area contributed by atoms with Gasteiger partial charge in [-0.3, -0.25) is 5.41 Å². The van der Waals surface area contributed by atoms with Crippen molar-refractivity contribution >= 4 is 17.4 Å². The number of ether oxygens (including phenoxy) is 3. The van der Waals surface area contributed by atoms with Crippen molar-refractivity contribution in [1.29, 1.82) is 5.41 Å². The first-order chi connectivity index (χ1) is 13.7. The van der Waals surface area contributed by atoms with Gasteiger partial charge >= 0.3 is 0 Å². The third kappa shape index (κ3) is 2.90. The smallest absolute Gasteiger partial charge is 0.205 e. The highest BCUT2D eigenvalue weighted by molar-refractivity contribution is 6.13. The van der Waals surface area contributed by atoms with Crippen LogP contribution in [0.3, 0.4) is 0 Å². The zero-order chi connectivity index (χ0) is 19.7. The Kier molecular flexibility index (Phi) is 4.57. The molecule has 7 heteroatoms. The van der Waals surface area contributed by atoms with Crippen LogP contribution in [0.4, 0.5) is 11.6 Å². The third-order valence-electron chi connectivity index (χ3n) is 4.77. The van der Waals surface area contributed by atoms with E-state index in [9.17, 15) is 0 Å². The summed E-state index contributed by atoms with van der Waals surface area (Å²) in [5, 5.41) is 12.2. The molecular weight excluding hydrogens is 358 g/mol. The lowest BCUT2D eigenvalue weighted by molar-refractivity contribution is 0.389. The molecule has 0 amide bonds. The van der Waals surface area contributed by atoms with Crippen LogP contribution in [0, 0.1) is 5.41 Å². The van der Waals surface area contributed by atoms with Gasteiger partial charge in [-0.2, -0.15) is 0 Å². The number of rotatable bonds is 5. The maximum absolute atomic E-state index is 8.80. The van der Waals surface area contributed by atoms with Gasteiger partial charge in [-0.1, -0.05) is 0 Å². The number of furan rings is 1. The summed E-state index contributed by atoms with van der Waals surface area (Å²) >= 11 is 0. The fourth-order valence-electron chi connectivity index (χ4n) is 3.34. The molecular formula is C21H21N3O4. The van der Waals surface area contributed by atoms with Crippen LogP contribution in [0.15, 0.2) is 59.2 Å². The minimum atomic E-state index is -0.402. The second kappa shape index (κ2) is 7.19. The SMILES string of the molecule is COc1ccc(N2C(=N)c3ccoc3NC2c2ccc(OC)cc2OC)cc1. The Balaban J connectivity index is 1.84. The normalized spacial score (nSPS) is 15.6. The molecule has 0 saturated carbocycles. The van der Waals surface area contributed by atoms with Crippen molar-refractivity contribution in [2.75, 3.05) is 31.5 Å². The zero-order valence-electron chi connectivity index (χ0n) is 15.9. The molecule has 2 aromatic carbocycles. The van der Waals surface area contributed by atoms with E-state index in [1.165, 1.54) is 0 Å². The van der Waals surface area contributed by atoms with Crippen LogP contribution in [0.2, 0.25) is 0 Å². The van der Waals surface area contributed by atoms with E-state index in [1.54, 1.807) is 33.7 Å². The van der Waals surface area contributed by atoms with Crippen molar-refractivity contribution in [1.82, 2.24) is 0 Å². The largest absolute Gasteiger partial charge is 0.497 e. The Morgan fingerprint density at radius 1 is 0.929 bits per heavy atom. The maximum atomic E-state index is 8.80. The number of nitrogens with zero attached hydrogens (tertiary/aromatic N) is 1. The summed E-state index contributed by atoms with van der Waals surface area (Å²) in [6, 6.07) is 15.0. The van der Waals surface area contributed by atoms with Crippen molar-refractivity contribution in [3.8, 4) is 17.2 Å². The van der Waals surface area contributed by atoms with E-state index in [2.05, 4.69) is 5.32 Å². The molecule has 4 rings (SSSR count). The molecule has 1 atom stereocenters. The Labute approximate surface area is 162 Å². The molecule has 3 aromatic rings. The monoisotopic (exact) mass is 379 g/mol. The standard InChI is InChI=1S/C21H21N3O4/c1-25-14-6-4-13(5-7-14)24-19(22)17-10-11-28-21(17)23-20(24)16-9-8-15(26-2)12-18(16)27-3/h4-12,20,22-23H,1-3H3. The van der Waals surface area contributed by atoms with Crippen molar-refractivity contribution in [2.45, 2.75) is 6.17 Å². The quantitative estimate of drug-likeness (QED) is 0.689. The van der Waals surface area contributed by atoms with Gasteiger partial charge in [0.15, 0.2) is 0 Å². The molecule has 28 heavy (non-hydrogen) atoms. The Morgan fingerprint density at radius 2 is 1.64 bits per heavy atom. The van der Waals surface area contributed by atoms with Crippen LogP contribution in [-0.2, 0) is 0 Å². The van der Waals surface area contributed by atoms with Crippen molar-refractivity contribution in [2.24, 2.45) is 0 Å². The molecule has 1 aliphatic heterocycles. The highest BCUT2D eigenvalue weighted by Crippen LogP contribution is 2.41. The Hall–Kier alpha value is -3.61. The predicted molar refractivity (Wildman–Crippen MR) is 107 cm³/mol. The van der Waals surface area contributed by atoms with Crippen molar-refractivity contribution in [3.63, 3.8) is 0 Å². The molecule has 2 N–H and O–H groups in total. The van der Waals surface area contributed by atoms with E-state index in [-0.39, 0.29) is 0 Å². The number of nitrogens with one attached hydrogen (secondary N) is 2. The topological polar surface area (TPSA) is 80.0 Å². The maximum Gasteiger partial charge on any atom is 0.205 e. The summed E-state index contributed by atoms with van der Waals surface area (Å²) in [4.78, 5) is 1.89. The predicted octanol–water partition coefficient (Wildman–Crippen LogP) is 4.26. The number of amidine groups is 1. The molecule has 144 valence electrons. The second-order valence-electron chi connectivity index (χ2n) is 6.23. The molecule has 0 bridgehead atoms. The summed E-state index contributed by atoms with van der Waals surface area (Å²) in [6.45, 7) is 0. The van der Waals surface area contributed by atoms with E-state index in [0.717, 1.165) is 17.0 Å². The van der Waals surface area contributed by atoms with Gasteiger partial charge in [-0.25, -0.2) is 0 Å². The lowest BCUT2D eigenvalue weighted by Crippen LogP contribution is -2.42. The van der Waals surface area contributed by atoms with Crippen LogP contribution in [0.1, 0.15) is 17.3 Å². The van der Waals surface area contributed by atoms with Crippen LogP contribution >= 0.6 is 0 Å². The van der Waals surface area contributed by atoms with Gasteiger partial charge in [0.1, 0.15) is 29.2 Å². The first-order valence-electron chi connectivity index (χ1n) is 8.74. The van der Waals surface area contributed by atoms with Crippen molar-refractivity contribution < 1.29 is 18.6 Å². The Bertz CT molecular complexity index is 997. The van der Waals surface area contributed by atoms with E-state index in [4.69, 9.17) is 24.0 Å². The summed E-state index contributed by atoms with van der Waals surface area (Å²) < 4.78 is 21.7. The van der Waals surface area contributed by atoms with Crippen LogP contribution in [-0.4, -0.2) is 27.2 Å². The van der Waals surface area contributed by atoms with E-state index < -0.39 is 6.17 Å². The van der Waals surface area contributed by atoms with Gasteiger partial charge in [-0.15, -0.1) is 0 Å². The highest BCUT2D eigenvalue weighted by atomic mass is 16.5. The molecule has 7 nitrogen and oxygen atoms in total. The molecule has 1 aliphatic rings. The molecule has 1 aromatic heterocycles. The molecule has 0 aliphatic carbocycles. The van der Waals surface area contributed by atoms with Gasteiger partial charge in [0, 0.05) is 17.3 Å². The summed E-state index contributed by atoms with van der Waals surface area (Å²) in [6.07, 6.45) is 1.17. The second-order valence-corrected chi connectivity index (χ2v) is 6.23. The summed E-state index contributed by atoms with van der Waals surface area (Å²) in [5.74, 6) is 2.98. The number of anilines is 2. The first kappa shape index (κ1) is 17.8. The van der Waals surface area contributed by atoms with E-state index in [0.29, 0.717) is 28.8 Å². The number of hydrogen-bond acceptors (Lipinski definition) is 6. The molecule has 0 fully saturated rings. The molecule has 0 spiro atoms. The van der Waals surface area contributed by atoms with Gasteiger partial charge in [0.2, 0.25) is 5.88 Å². The first-order valence-corrected chi connectivity index (χ1v) is 8.74. The summed E-state index contributed by atoms with van der Waals surface area (Å²) in [5.41, 5.74) is 2.39. The Morgan fingerprint density at radius 3 is 2.32 bits per heavy atom.